The minimum absolute atomic E-state index is 0.130. The van der Waals surface area contributed by atoms with Crippen LogP contribution in [0, 0.1) is 6.92 Å². The predicted molar refractivity (Wildman–Crippen MR) is 95.8 cm³/mol. The summed E-state index contributed by atoms with van der Waals surface area (Å²) in [6.07, 6.45) is -0.604. The lowest BCUT2D eigenvalue weighted by Crippen LogP contribution is -2.43. The molecule has 2 rings (SSSR count). The summed E-state index contributed by atoms with van der Waals surface area (Å²) in [6.45, 7) is 6.01. The Morgan fingerprint density at radius 2 is 1.62 bits per heavy atom. The highest BCUT2D eigenvalue weighted by molar-refractivity contribution is 6.30. The van der Waals surface area contributed by atoms with Gasteiger partial charge in [-0.25, -0.2) is 0 Å². The summed E-state index contributed by atoms with van der Waals surface area (Å²) in [6, 6.07) is 14.6. The molecule has 24 heavy (non-hydrogen) atoms. The number of hydrogen-bond acceptors (Lipinski definition) is 3. The van der Waals surface area contributed by atoms with Crippen LogP contribution >= 0.6 is 11.6 Å². The fraction of sp³-hybridized carbons (Fsp3) is 0.316. The molecule has 0 bridgehead atoms. The van der Waals surface area contributed by atoms with Crippen molar-refractivity contribution < 1.29 is 14.3 Å². The molecule has 0 aliphatic rings. The van der Waals surface area contributed by atoms with Crippen LogP contribution in [0.5, 0.6) is 11.5 Å². The topological polar surface area (TPSA) is 47.6 Å². The minimum atomic E-state index is -0.604. The van der Waals surface area contributed by atoms with Crippen molar-refractivity contribution in [3.8, 4) is 11.5 Å². The number of nitrogens with one attached hydrogen (secondary N) is 1. The Bertz CT molecular complexity index is 655. The van der Waals surface area contributed by atoms with E-state index < -0.39 is 6.10 Å². The molecule has 0 spiro atoms. The van der Waals surface area contributed by atoms with Crippen LogP contribution in [0.4, 0.5) is 0 Å². The van der Waals surface area contributed by atoms with Crippen molar-refractivity contribution in [2.24, 2.45) is 0 Å². The van der Waals surface area contributed by atoms with E-state index in [2.05, 4.69) is 5.32 Å². The van der Waals surface area contributed by atoms with Crippen molar-refractivity contribution >= 4 is 17.5 Å². The van der Waals surface area contributed by atoms with Crippen LogP contribution in [0.25, 0.3) is 0 Å². The van der Waals surface area contributed by atoms with Gasteiger partial charge in [0.25, 0.3) is 5.91 Å². The van der Waals surface area contributed by atoms with Crippen LogP contribution in [-0.2, 0) is 4.79 Å². The van der Waals surface area contributed by atoms with Crippen LogP contribution < -0.4 is 14.8 Å². The van der Waals surface area contributed by atoms with Gasteiger partial charge in [-0.3, -0.25) is 4.79 Å². The summed E-state index contributed by atoms with van der Waals surface area (Å²) in [7, 11) is 0. The van der Waals surface area contributed by atoms with Crippen LogP contribution in [0.1, 0.15) is 19.4 Å². The summed E-state index contributed by atoms with van der Waals surface area (Å²) in [4.78, 5) is 12.2. The van der Waals surface area contributed by atoms with Gasteiger partial charge in [0, 0.05) is 5.02 Å². The Hall–Kier alpha value is -2.20. The molecular formula is C19H22ClNO3. The molecule has 2 aromatic carbocycles. The molecule has 5 heteroatoms. The maximum absolute atomic E-state index is 12.2. The maximum Gasteiger partial charge on any atom is 0.261 e. The highest BCUT2D eigenvalue weighted by Gasteiger charge is 2.17. The van der Waals surface area contributed by atoms with Gasteiger partial charge in [0.15, 0.2) is 6.10 Å². The van der Waals surface area contributed by atoms with Gasteiger partial charge in [-0.05, 0) is 57.2 Å². The molecule has 4 nitrogen and oxygen atoms in total. The maximum atomic E-state index is 12.2. The van der Waals surface area contributed by atoms with E-state index in [4.69, 9.17) is 21.1 Å². The van der Waals surface area contributed by atoms with E-state index in [-0.39, 0.29) is 11.9 Å². The molecule has 0 fully saturated rings. The molecule has 2 atom stereocenters. The van der Waals surface area contributed by atoms with E-state index in [9.17, 15) is 4.79 Å². The first-order valence-corrected chi connectivity index (χ1v) is 8.24. The van der Waals surface area contributed by atoms with Crippen molar-refractivity contribution in [2.45, 2.75) is 32.9 Å². The van der Waals surface area contributed by atoms with Gasteiger partial charge in [0.2, 0.25) is 0 Å². The quantitative estimate of drug-likeness (QED) is 0.823. The first-order valence-electron chi connectivity index (χ1n) is 7.86. The molecule has 0 heterocycles. The van der Waals surface area contributed by atoms with E-state index in [0.29, 0.717) is 17.4 Å². The van der Waals surface area contributed by atoms with Crippen LogP contribution in [0.15, 0.2) is 48.5 Å². The number of rotatable bonds is 7. The number of ether oxygens (including phenoxy) is 2. The summed E-state index contributed by atoms with van der Waals surface area (Å²) in [5, 5.41) is 3.50. The Morgan fingerprint density at radius 3 is 2.25 bits per heavy atom. The first kappa shape index (κ1) is 18.1. The Labute approximate surface area is 147 Å². The second kappa shape index (κ2) is 8.60. The zero-order chi connectivity index (χ0) is 17.5. The largest absolute Gasteiger partial charge is 0.491 e. The van der Waals surface area contributed by atoms with E-state index in [1.54, 1.807) is 31.2 Å². The smallest absolute Gasteiger partial charge is 0.261 e. The first-order chi connectivity index (χ1) is 11.4. The van der Waals surface area contributed by atoms with Gasteiger partial charge in [0.05, 0.1) is 6.04 Å². The third kappa shape index (κ3) is 5.78. The van der Waals surface area contributed by atoms with Crippen LogP contribution in [0.2, 0.25) is 5.02 Å². The second-order valence-electron chi connectivity index (χ2n) is 5.75. The third-order valence-corrected chi connectivity index (χ3v) is 3.66. The number of amides is 1. The number of aryl methyl sites for hydroxylation is 1. The molecule has 2 aromatic rings. The second-order valence-corrected chi connectivity index (χ2v) is 6.18. The van der Waals surface area contributed by atoms with Gasteiger partial charge in [-0.2, -0.15) is 0 Å². The number of hydrogen-bond donors (Lipinski definition) is 1. The molecule has 0 aliphatic heterocycles. The number of benzene rings is 2. The lowest BCUT2D eigenvalue weighted by atomic mass is 10.2. The number of halogens is 1. The molecular weight excluding hydrogens is 326 g/mol. The lowest BCUT2D eigenvalue weighted by Gasteiger charge is -2.19. The van der Waals surface area contributed by atoms with Crippen molar-refractivity contribution in [1.29, 1.82) is 0 Å². The fourth-order valence-corrected chi connectivity index (χ4v) is 2.15. The minimum Gasteiger partial charge on any atom is -0.491 e. The summed E-state index contributed by atoms with van der Waals surface area (Å²) >= 11 is 5.82. The van der Waals surface area contributed by atoms with Crippen LogP contribution in [0.3, 0.4) is 0 Å². The standard InChI is InChI=1S/C19H22ClNO3/c1-13-4-8-17(9-5-13)23-12-14(2)21-19(22)15(3)24-18-10-6-16(20)7-11-18/h4-11,14-15H,12H2,1-3H3,(H,21,22)/t14-,15+/m1/s1. The molecule has 0 aromatic heterocycles. The zero-order valence-corrected chi connectivity index (χ0v) is 14.8. The summed E-state index contributed by atoms with van der Waals surface area (Å²) in [5.41, 5.74) is 1.18. The molecule has 0 saturated carbocycles. The SMILES string of the molecule is Cc1ccc(OC[C@@H](C)NC(=O)[C@H](C)Oc2ccc(Cl)cc2)cc1. The molecule has 0 radical (unpaired) electrons. The Kier molecular flexibility index (Phi) is 6.50. The highest BCUT2D eigenvalue weighted by atomic mass is 35.5. The average molecular weight is 348 g/mol. The Balaban J connectivity index is 1.77. The number of carbonyl (C=O) groups is 1. The van der Waals surface area contributed by atoms with Crippen LogP contribution in [-0.4, -0.2) is 24.7 Å². The average Bonchev–Trinajstić information content (AvgIpc) is 2.56. The Morgan fingerprint density at radius 1 is 1.04 bits per heavy atom. The van der Waals surface area contributed by atoms with Gasteiger partial charge >= 0.3 is 0 Å². The van der Waals surface area contributed by atoms with E-state index in [0.717, 1.165) is 5.75 Å². The van der Waals surface area contributed by atoms with E-state index >= 15 is 0 Å². The monoisotopic (exact) mass is 347 g/mol. The van der Waals surface area contributed by atoms with Crippen molar-refractivity contribution in [1.82, 2.24) is 5.32 Å². The summed E-state index contributed by atoms with van der Waals surface area (Å²) in [5.74, 6) is 1.20. The van der Waals surface area contributed by atoms with Gasteiger partial charge < -0.3 is 14.8 Å². The van der Waals surface area contributed by atoms with Crippen molar-refractivity contribution in [3.63, 3.8) is 0 Å². The van der Waals surface area contributed by atoms with Gasteiger partial charge in [0.1, 0.15) is 18.1 Å². The lowest BCUT2D eigenvalue weighted by molar-refractivity contribution is -0.128. The van der Waals surface area contributed by atoms with E-state index in [1.165, 1.54) is 5.56 Å². The van der Waals surface area contributed by atoms with Gasteiger partial charge in [-0.15, -0.1) is 0 Å². The molecule has 1 amide bonds. The summed E-state index contributed by atoms with van der Waals surface area (Å²) < 4.78 is 11.3. The van der Waals surface area contributed by atoms with Gasteiger partial charge in [-0.1, -0.05) is 29.3 Å². The highest BCUT2D eigenvalue weighted by Crippen LogP contribution is 2.17. The predicted octanol–water partition coefficient (Wildman–Crippen LogP) is 4.00. The normalized spacial score (nSPS) is 13.0. The van der Waals surface area contributed by atoms with E-state index in [1.807, 2.05) is 38.1 Å². The molecule has 1 N–H and O–H groups in total. The number of carbonyl (C=O) groups excluding carboxylic acids is 1. The zero-order valence-electron chi connectivity index (χ0n) is 14.1. The fourth-order valence-electron chi connectivity index (χ4n) is 2.03. The van der Waals surface area contributed by atoms with Crippen molar-refractivity contribution in [2.75, 3.05) is 6.61 Å². The molecule has 0 aliphatic carbocycles. The third-order valence-electron chi connectivity index (χ3n) is 3.41. The van der Waals surface area contributed by atoms with Crippen molar-refractivity contribution in [3.05, 3.63) is 59.1 Å². The molecule has 128 valence electrons. The molecule has 0 unspecified atom stereocenters. The molecule has 0 saturated heterocycles.